The second kappa shape index (κ2) is 30.2. The highest BCUT2D eigenvalue weighted by Crippen LogP contribution is 2.26. The van der Waals surface area contributed by atoms with Gasteiger partial charge in [0.25, 0.3) is 0 Å². The Morgan fingerprint density at radius 3 is 1.34 bits per heavy atom. The van der Waals surface area contributed by atoms with Gasteiger partial charge in [-0.3, -0.25) is 9.59 Å². The molecule has 0 fully saturated rings. The topological polar surface area (TPSA) is 213 Å². The van der Waals surface area contributed by atoms with E-state index >= 15 is 0 Å². The molecule has 7 N–H and O–H groups in total. The second-order valence-corrected chi connectivity index (χ2v) is 19.7. The first-order chi connectivity index (χ1) is 36.0. The molecule has 3 aromatic carbocycles. The molecule has 15 nitrogen and oxygen atoms in total. The van der Waals surface area contributed by atoms with Gasteiger partial charge < -0.3 is 50.4 Å². The highest BCUT2D eigenvalue weighted by Gasteiger charge is 2.12. The number of amides is 1. The fourth-order valence-electron chi connectivity index (χ4n) is 6.90. The zero-order chi connectivity index (χ0) is 56.1. The molecule has 1 amide bonds. The number of aryl methyl sites for hydroxylation is 7. The predicted octanol–water partition coefficient (Wildman–Crippen LogP) is 10.8. The van der Waals surface area contributed by atoms with Crippen molar-refractivity contribution in [2.24, 2.45) is 0 Å². The van der Waals surface area contributed by atoms with Gasteiger partial charge in [-0.2, -0.15) is 0 Å². The van der Waals surface area contributed by atoms with Gasteiger partial charge in [0.1, 0.15) is 40.5 Å². The fourth-order valence-corrected chi connectivity index (χ4v) is 7.44. The molecule has 5 aromatic heterocycles. The minimum Gasteiger partial charge on any atom is -0.466 e. The summed E-state index contributed by atoms with van der Waals surface area (Å²) in [6.45, 7) is 9.61. The summed E-state index contributed by atoms with van der Waals surface area (Å²) in [4.78, 5) is 41.2. The standard InChI is InChI=1S/C22H25N3O2.C14H17N3.C8H12BNO2.C8H9ClO2.C6H7BrN2/c1-15-13-18(17-6-8-19(9-7-17)25(3)4)14-23-22(15)24-21(26)12-11-20-10-5-16(2)27-20;1-10-8-12(9-16-14(10)15)11-4-6-13(7-5-11)17(2)3;1-10(2)8-5-3-7(4-6-8)9(11)12;1-6-2-3-7(11-6)4-5-8(9)10;1-4-2-5(7)3-9-6(4)8/h5-10,13-14H,11-12H2,1-4H3,(H,23,24,26);4-9H,1-3H3,(H2,15,16);3-6,11-12H,1-2H3;2-3H,4-5H2,1H3;2-3H,1H3,(H2,8,9). The number of aromatic nitrogens is 3. The summed E-state index contributed by atoms with van der Waals surface area (Å²) in [5.74, 6) is 5.09. The van der Waals surface area contributed by atoms with Crippen LogP contribution >= 0.6 is 27.5 Å². The number of carbonyl (C=O) groups is 2. The number of benzene rings is 3. The van der Waals surface area contributed by atoms with Crippen molar-refractivity contribution < 1.29 is 28.5 Å². The molecule has 0 aliphatic rings. The van der Waals surface area contributed by atoms with Crippen LogP contribution in [0, 0.1) is 34.6 Å². The maximum absolute atomic E-state index is 12.2. The number of rotatable bonds is 13. The number of nitrogen functional groups attached to an aromatic ring is 2. The maximum atomic E-state index is 12.2. The Hall–Kier alpha value is -7.44. The van der Waals surface area contributed by atoms with Crippen molar-refractivity contribution in [2.75, 3.05) is 73.8 Å². The molecular formula is C58H70BBrClN9O6. The van der Waals surface area contributed by atoms with E-state index in [1.54, 1.807) is 24.5 Å². The maximum Gasteiger partial charge on any atom is 0.488 e. The van der Waals surface area contributed by atoms with Crippen molar-refractivity contribution in [1.82, 2.24) is 15.0 Å². The van der Waals surface area contributed by atoms with Gasteiger partial charge in [0.15, 0.2) is 0 Å². The lowest BCUT2D eigenvalue weighted by atomic mass is 9.80. The highest BCUT2D eigenvalue weighted by atomic mass is 79.9. The largest absolute Gasteiger partial charge is 0.488 e. The third-order valence-corrected chi connectivity index (χ3v) is 12.1. The number of furan rings is 2. The number of hydrogen-bond donors (Lipinski definition) is 5. The summed E-state index contributed by atoms with van der Waals surface area (Å²) in [7, 11) is 10.6. The van der Waals surface area contributed by atoms with Crippen LogP contribution in [0.15, 0.2) is 147 Å². The molecule has 0 radical (unpaired) electrons. The van der Waals surface area contributed by atoms with E-state index in [4.69, 9.17) is 42.0 Å². The van der Waals surface area contributed by atoms with Gasteiger partial charge in [-0.1, -0.05) is 36.4 Å². The van der Waals surface area contributed by atoms with Crippen LogP contribution in [0.5, 0.6) is 0 Å². The number of hydrogen-bond acceptors (Lipinski definition) is 14. The van der Waals surface area contributed by atoms with Crippen molar-refractivity contribution in [3.63, 3.8) is 0 Å². The van der Waals surface area contributed by atoms with E-state index in [9.17, 15) is 9.59 Å². The van der Waals surface area contributed by atoms with Crippen molar-refractivity contribution in [1.29, 1.82) is 0 Å². The van der Waals surface area contributed by atoms with Crippen molar-refractivity contribution in [2.45, 2.75) is 60.3 Å². The van der Waals surface area contributed by atoms with Crippen LogP contribution in [0.4, 0.5) is 34.5 Å². The van der Waals surface area contributed by atoms with Gasteiger partial charge in [0.05, 0.1) is 0 Å². The van der Waals surface area contributed by atoms with Crippen molar-refractivity contribution >= 4 is 85.8 Å². The summed E-state index contributed by atoms with van der Waals surface area (Å²) in [6.07, 6.45) is 7.17. The third-order valence-electron chi connectivity index (χ3n) is 11.4. The number of anilines is 6. The molecule has 0 atom stereocenters. The van der Waals surface area contributed by atoms with Crippen LogP contribution < -0.4 is 36.9 Å². The van der Waals surface area contributed by atoms with Crippen LogP contribution in [0.3, 0.4) is 0 Å². The van der Waals surface area contributed by atoms with Gasteiger partial charge >= 0.3 is 7.12 Å². The van der Waals surface area contributed by atoms with E-state index in [-0.39, 0.29) is 11.1 Å². The summed E-state index contributed by atoms with van der Waals surface area (Å²) in [5.41, 5.74) is 22.4. The fraction of sp³-hybridized carbons (Fsp3) is 0.259. The predicted molar refractivity (Wildman–Crippen MR) is 317 cm³/mol. The zero-order valence-corrected chi connectivity index (χ0v) is 47.6. The Labute approximate surface area is 461 Å². The minimum absolute atomic E-state index is 0.0669. The average Bonchev–Trinajstić information content (AvgIpc) is 4.02. The normalized spacial score (nSPS) is 10.2. The molecule has 0 aliphatic heterocycles. The molecule has 18 heteroatoms. The Morgan fingerprint density at radius 1 is 0.566 bits per heavy atom. The zero-order valence-electron chi connectivity index (χ0n) is 45.2. The summed E-state index contributed by atoms with van der Waals surface area (Å²) >= 11 is 8.43. The molecule has 5 heterocycles. The molecule has 0 saturated carbocycles. The van der Waals surface area contributed by atoms with Gasteiger partial charge in [0.2, 0.25) is 11.1 Å². The quantitative estimate of drug-likeness (QED) is 0.0537. The molecule has 0 unspecified atom stereocenters. The smallest absolute Gasteiger partial charge is 0.466 e. The Balaban J connectivity index is 0.000000219. The molecule has 8 aromatic rings. The molecule has 0 bridgehead atoms. The van der Waals surface area contributed by atoms with Gasteiger partial charge in [-0.05, 0) is 174 Å². The lowest BCUT2D eigenvalue weighted by Gasteiger charge is -2.13. The Kier molecular flexibility index (Phi) is 24.3. The molecule has 0 spiro atoms. The third kappa shape index (κ3) is 20.7. The van der Waals surface area contributed by atoms with Crippen LogP contribution in [0.2, 0.25) is 0 Å². The first-order valence-electron chi connectivity index (χ1n) is 24.3. The summed E-state index contributed by atoms with van der Waals surface area (Å²) < 4.78 is 11.7. The summed E-state index contributed by atoms with van der Waals surface area (Å²) in [6, 6.07) is 37.4. The number of carbonyl (C=O) groups excluding carboxylic acids is 2. The highest BCUT2D eigenvalue weighted by molar-refractivity contribution is 9.10. The SMILES string of the molecule is CN(C)c1ccc(B(O)O)cc1.Cc1cc(-c2ccc(N(C)C)cc2)cnc1N.Cc1cc(Br)cnc1N.Cc1ccc(CCC(=O)Cl)o1.Cc1ccc(CCC(=O)Nc2ncc(-c3ccc(N(C)C)cc3)cc2C)o1. The number of nitrogens with two attached hydrogens (primary N) is 2. The van der Waals surface area contributed by atoms with Gasteiger partial charge in [-0.25, -0.2) is 15.0 Å². The Morgan fingerprint density at radius 2 is 0.974 bits per heavy atom. The minimum atomic E-state index is -1.37. The van der Waals surface area contributed by atoms with Crippen LogP contribution in [0.25, 0.3) is 22.3 Å². The van der Waals surface area contributed by atoms with Crippen LogP contribution in [0.1, 0.15) is 52.6 Å². The molecule has 8 rings (SSSR count). The van der Waals surface area contributed by atoms with E-state index in [1.165, 1.54) is 5.69 Å². The molecule has 0 saturated heterocycles. The Bertz CT molecular complexity index is 3050. The van der Waals surface area contributed by atoms with Crippen LogP contribution in [-0.2, 0) is 22.4 Å². The van der Waals surface area contributed by atoms with E-state index in [1.807, 2.05) is 137 Å². The van der Waals surface area contributed by atoms with E-state index in [0.29, 0.717) is 48.6 Å². The summed E-state index contributed by atoms with van der Waals surface area (Å²) in [5, 5.41) is 20.2. The number of nitrogens with one attached hydrogen (secondary N) is 1. The van der Waals surface area contributed by atoms with Gasteiger partial charge in [-0.15, -0.1) is 0 Å². The van der Waals surface area contributed by atoms with E-state index in [0.717, 1.165) is 77.8 Å². The first kappa shape index (κ1) is 61.1. The van der Waals surface area contributed by atoms with E-state index < -0.39 is 7.12 Å². The van der Waals surface area contributed by atoms with Crippen molar-refractivity contribution in [3.05, 3.63) is 178 Å². The van der Waals surface area contributed by atoms with Crippen molar-refractivity contribution in [3.8, 4) is 22.3 Å². The molecule has 0 aliphatic carbocycles. The second-order valence-electron chi connectivity index (χ2n) is 18.3. The lowest BCUT2D eigenvalue weighted by molar-refractivity contribution is -0.116. The lowest BCUT2D eigenvalue weighted by Crippen LogP contribution is -2.29. The molecular weight excluding hydrogens is 1040 g/mol. The number of nitrogens with zero attached hydrogens (tertiary/aromatic N) is 6. The average molecular weight is 1120 g/mol. The number of halogens is 2. The monoisotopic (exact) mass is 1110 g/mol. The van der Waals surface area contributed by atoms with E-state index in [2.05, 4.69) is 101 Å². The first-order valence-corrected chi connectivity index (χ1v) is 25.5. The molecule has 76 heavy (non-hydrogen) atoms. The van der Waals surface area contributed by atoms with Crippen LogP contribution in [-0.4, -0.2) is 85.6 Å². The molecule has 400 valence electrons. The number of pyridine rings is 3. The van der Waals surface area contributed by atoms with Gasteiger partial charge in [0, 0.05) is 119 Å².